The molecule has 0 heterocycles. The standard InChI is InChI=1S/C28H32N2O5/c1-17(2)12-15-25(26(31)30(19-13-14-19)18(3)27(32)33)29-28(34)35-16-24-22-10-6-4-8-20(22)21-9-5-7-11-23(21)24/h4-12,18-19,24-25H,13-16H2,1-3H3,(H,29,34)(H,32,33). The Labute approximate surface area is 205 Å². The molecule has 4 rings (SSSR count). The molecule has 1 saturated carbocycles. The first-order valence-corrected chi connectivity index (χ1v) is 12.1. The molecule has 35 heavy (non-hydrogen) atoms. The van der Waals surface area contributed by atoms with Crippen LogP contribution in [0.2, 0.25) is 0 Å². The average Bonchev–Trinajstić information content (AvgIpc) is 3.62. The summed E-state index contributed by atoms with van der Waals surface area (Å²) in [5, 5.41) is 12.2. The Morgan fingerprint density at radius 1 is 1.06 bits per heavy atom. The number of nitrogens with zero attached hydrogens (tertiary/aromatic N) is 1. The third-order valence-corrected chi connectivity index (χ3v) is 6.67. The van der Waals surface area contributed by atoms with Crippen molar-refractivity contribution in [3.8, 4) is 11.1 Å². The van der Waals surface area contributed by atoms with Crippen molar-refractivity contribution < 1.29 is 24.2 Å². The van der Waals surface area contributed by atoms with E-state index in [1.165, 1.54) is 11.8 Å². The first-order chi connectivity index (χ1) is 16.8. The van der Waals surface area contributed by atoms with Crippen LogP contribution in [0.4, 0.5) is 4.79 Å². The van der Waals surface area contributed by atoms with Gasteiger partial charge in [0.15, 0.2) is 0 Å². The number of ether oxygens (including phenoxy) is 1. The summed E-state index contributed by atoms with van der Waals surface area (Å²) in [5.41, 5.74) is 5.48. The second-order valence-electron chi connectivity index (χ2n) is 9.53. The van der Waals surface area contributed by atoms with E-state index < -0.39 is 30.1 Å². The molecule has 2 N–H and O–H groups in total. The zero-order valence-corrected chi connectivity index (χ0v) is 20.4. The smallest absolute Gasteiger partial charge is 0.407 e. The third kappa shape index (κ3) is 5.39. The number of hydrogen-bond acceptors (Lipinski definition) is 4. The van der Waals surface area contributed by atoms with Crippen molar-refractivity contribution in [3.05, 3.63) is 71.3 Å². The Morgan fingerprint density at radius 3 is 2.14 bits per heavy atom. The summed E-state index contributed by atoms with van der Waals surface area (Å²) in [6.45, 7) is 5.46. The van der Waals surface area contributed by atoms with E-state index in [4.69, 9.17) is 4.74 Å². The van der Waals surface area contributed by atoms with Gasteiger partial charge in [-0.3, -0.25) is 4.79 Å². The highest BCUT2D eigenvalue weighted by atomic mass is 16.5. The highest BCUT2D eigenvalue weighted by molar-refractivity contribution is 5.90. The fourth-order valence-electron chi connectivity index (χ4n) is 4.70. The van der Waals surface area contributed by atoms with Crippen LogP contribution < -0.4 is 5.32 Å². The van der Waals surface area contributed by atoms with Crippen LogP contribution in [0.1, 0.15) is 57.1 Å². The fourth-order valence-corrected chi connectivity index (χ4v) is 4.70. The number of fused-ring (bicyclic) bond motifs is 3. The quantitative estimate of drug-likeness (QED) is 0.511. The molecule has 0 radical (unpaired) electrons. The molecule has 184 valence electrons. The van der Waals surface area contributed by atoms with Gasteiger partial charge in [-0.25, -0.2) is 9.59 Å². The second kappa shape index (κ2) is 10.3. The van der Waals surface area contributed by atoms with Crippen LogP contribution in [0.5, 0.6) is 0 Å². The first-order valence-electron chi connectivity index (χ1n) is 12.1. The molecule has 7 heteroatoms. The number of carbonyl (C=O) groups is 3. The average molecular weight is 477 g/mol. The second-order valence-corrected chi connectivity index (χ2v) is 9.53. The monoisotopic (exact) mass is 476 g/mol. The van der Waals surface area contributed by atoms with E-state index in [0.717, 1.165) is 40.7 Å². The van der Waals surface area contributed by atoms with Gasteiger partial charge in [0.25, 0.3) is 0 Å². The predicted octanol–water partition coefficient (Wildman–Crippen LogP) is 4.71. The van der Waals surface area contributed by atoms with Crippen LogP contribution >= 0.6 is 0 Å². The molecule has 0 bridgehead atoms. The lowest BCUT2D eigenvalue weighted by molar-refractivity contribution is -0.150. The molecule has 7 nitrogen and oxygen atoms in total. The van der Waals surface area contributed by atoms with E-state index in [1.807, 2.05) is 56.3 Å². The van der Waals surface area contributed by atoms with Crippen LogP contribution in [0.25, 0.3) is 11.1 Å². The maximum Gasteiger partial charge on any atom is 0.407 e. The molecular formula is C28H32N2O5. The minimum absolute atomic E-state index is 0.0879. The highest BCUT2D eigenvalue weighted by Gasteiger charge is 2.41. The van der Waals surface area contributed by atoms with E-state index >= 15 is 0 Å². The zero-order chi connectivity index (χ0) is 25.1. The minimum atomic E-state index is -1.06. The molecule has 2 atom stereocenters. The molecule has 2 aromatic rings. The molecular weight excluding hydrogens is 444 g/mol. The maximum atomic E-state index is 13.4. The molecule has 0 spiro atoms. The number of nitrogens with one attached hydrogen (secondary N) is 1. The number of rotatable bonds is 9. The van der Waals surface area contributed by atoms with Crippen molar-refractivity contribution in [2.75, 3.05) is 6.61 Å². The van der Waals surface area contributed by atoms with Gasteiger partial charge in [-0.15, -0.1) is 0 Å². The van der Waals surface area contributed by atoms with Crippen LogP contribution in [0.3, 0.4) is 0 Å². The summed E-state index contributed by atoms with van der Waals surface area (Å²) in [5.74, 6) is -1.55. The van der Waals surface area contributed by atoms with Gasteiger partial charge >= 0.3 is 12.1 Å². The number of benzene rings is 2. The topological polar surface area (TPSA) is 95.9 Å². The van der Waals surface area contributed by atoms with Crippen LogP contribution in [-0.4, -0.2) is 52.7 Å². The van der Waals surface area contributed by atoms with Crippen LogP contribution in [-0.2, 0) is 14.3 Å². The van der Waals surface area contributed by atoms with Gasteiger partial charge in [0.1, 0.15) is 18.7 Å². The van der Waals surface area contributed by atoms with Gasteiger partial charge in [0.2, 0.25) is 5.91 Å². The Balaban J connectivity index is 1.47. The number of carboxylic acid groups (broad SMARTS) is 1. The Bertz CT molecular complexity index is 1100. The lowest BCUT2D eigenvalue weighted by atomic mass is 9.98. The van der Waals surface area contributed by atoms with Gasteiger partial charge < -0.3 is 20.1 Å². The van der Waals surface area contributed by atoms with E-state index in [1.54, 1.807) is 0 Å². The van der Waals surface area contributed by atoms with Gasteiger partial charge in [-0.2, -0.15) is 0 Å². The van der Waals surface area contributed by atoms with E-state index in [2.05, 4.69) is 17.4 Å². The predicted molar refractivity (Wildman–Crippen MR) is 133 cm³/mol. The maximum absolute atomic E-state index is 13.4. The fraction of sp³-hybridized carbons (Fsp3) is 0.393. The van der Waals surface area contributed by atoms with Crippen molar-refractivity contribution in [2.24, 2.45) is 0 Å². The Hall–Kier alpha value is -3.61. The molecule has 2 unspecified atom stereocenters. The number of aliphatic carboxylic acids is 1. The SMILES string of the molecule is CC(C)=CCC(NC(=O)OCC1c2ccccc2-c2ccccc21)C(=O)N(C1CC1)C(C)C(=O)O. The molecule has 1 fully saturated rings. The lowest BCUT2D eigenvalue weighted by Gasteiger charge is -2.30. The van der Waals surface area contributed by atoms with Crippen LogP contribution in [0.15, 0.2) is 60.2 Å². The number of amides is 2. The molecule has 2 aromatic carbocycles. The normalized spacial score (nSPS) is 15.9. The Morgan fingerprint density at radius 2 is 1.63 bits per heavy atom. The molecule has 2 amide bonds. The van der Waals surface area contributed by atoms with E-state index in [9.17, 15) is 19.5 Å². The van der Waals surface area contributed by atoms with Crippen molar-refractivity contribution in [1.29, 1.82) is 0 Å². The molecule has 2 aliphatic rings. The summed E-state index contributed by atoms with van der Waals surface area (Å²) < 4.78 is 5.63. The Kier molecular flexibility index (Phi) is 7.24. The van der Waals surface area contributed by atoms with Gasteiger partial charge in [-0.05, 0) is 62.3 Å². The highest BCUT2D eigenvalue weighted by Crippen LogP contribution is 2.44. The van der Waals surface area contributed by atoms with Crippen LogP contribution in [0, 0.1) is 0 Å². The number of carbonyl (C=O) groups excluding carboxylic acids is 2. The van der Waals surface area contributed by atoms with Crippen molar-refractivity contribution in [3.63, 3.8) is 0 Å². The zero-order valence-electron chi connectivity index (χ0n) is 20.4. The lowest BCUT2D eigenvalue weighted by Crippen LogP contribution is -2.54. The van der Waals surface area contributed by atoms with Gasteiger partial charge in [0, 0.05) is 12.0 Å². The molecule has 2 aliphatic carbocycles. The van der Waals surface area contributed by atoms with E-state index in [0.29, 0.717) is 0 Å². The van der Waals surface area contributed by atoms with Crippen molar-refractivity contribution in [1.82, 2.24) is 10.2 Å². The first kappa shape index (κ1) is 24.5. The summed E-state index contributed by atoms with van der Waals surface area (Å²) in [6, 6.07) is 14.2. The molecule has 0 saturated heterocycles. The third-order valence-electron chi connectivity index (χ3n) is 6.67. The van der Waals surface area contributed by atoms with Crippen molar-refractivity contribution in [2.45, 2.75) is 64.1 Å². The van der Waals surface area contributed by atoms with Gasteiger partial charge in [0.05, 0.1) is 0 Å². The molecule has 0 aliphatic heterocycles. The van der Waals surface area contributed by atoms with Gasteiger partial charge in [-0.1, -0.05) is 60.2 Å². The number of carboxylic acids is 1. The summed E-state index contributed by atoms with van der Waals surface area (Å²) in [6.07, 6.45) is 2.97. The molecule has 0 aromatic heterocycles. The summed E-state index contributed by atoms with van der Waals surface area (Å²) >= 11 is 0. The van der Waals surface area contributed by atoms with E-state index in [-0.39, 0.29) is 25.0 Å². The summed E-state index contributed by atoms with van der Waals surface area (Å²) in [7, 11) is 0. The largest absolute Gasteiger partial charge is 0.480 e. The minimum Gasteiger partial charge on any atom is -0.480 e. The summed E-state index contributed by atoms with van der Waals surface area (Å²) in [4.78, 5) is 39.2. The van der Waals surface area contributed by atoms with Crippen molar-refractivity contribution >= 4 is 18.0 Å². The number of alkyl carbamates (subject to hydrolysis) is 1. The number of allylic oxidation sites excluding steroid dienone is 1. The number of hydrogen-bond donors (Lipinski definition) is 2.